The van der Waals surface area contributed by atoms with E-state index < -0.39 is 60.7 Å². The van der Waals surface area contributed by atoms with Crippen molar-refractivity contribution in [3.63, 3.8) is 0 Å². The lowest BCUT2D eigenvalue weighted by atomic mass is 9.98. The Labute approximate surface area is 406 Å². The number of tetrazole rings is 1. The normalized spacial score (nSPS) is 12.6. The number of amides is 1. The predicted molar refractivity (Wildman–Crippen MR) is 260 cm³/mol. The van der Waals surface area contributed by atoms with Gasteiger partial charge in [0.05, 0.1) is 56.3 Å². The summed E-state index contributed by atoms with van der Waals surface area (Å²) in [7, 11) is -5.33. The summed E-state index contributed by atoms with van der Waals surface area (Å²) in [6.45, 7) is 3.39. The van der Waals surface area contributed by atoms with Crippen molar-refractivity contribution in [2.45, 2.75) is 61.8 Å². The van der Waals surface area contributed by atoms with Gasteiger partial charge in [-0.2, -0.15) is 9.10 Å². The molecule has 0 unspecified atom stereocenters. The first kappa shape index (κ1) is 49.9. The minimum absolute atomic E-state index is 0.101. The number of aromatic nitrogens is 5. The fourth-order valence-electron chi connectivity index (χ4n) is 7.34. The molecule has 0 aliphatic carbocycles. The second-order valence-corrected chi connectivity index (χ2v) is 22.4. The number of methoxy groups -OCH3 is 3. The number of aliphatic hydroxyl groups is 1. The number of nitrogens with zero attached hydrogens (tertiary/aromatic N) is 7. The minimum Gasteiger partial charge on any atom is -0.497 e. The Kier molecular flexibility index (Phi) is 15.2. The first-order valence-corrected chi connectivity index (χ1v) is 25.4. The molecule has 5 aromatic carbocycles. The van der Waals surface area contributed by atoms with Crippen molar-refractivity contribution in [1.82, 2.24) is 39.1 Å². The van der Waals surface area contributed by atoms with Crippen LogP contribution in [0.4, 0.5) is 4.79 Å². The highest BCUT2D eigenvalue weighted by Gasteiger charge is 2.39. The molecular weight excluding hydrogens is 1000 g/mol. The molecule has 0 fully saturated rings. The molecule has 358 valence electrons. The largest absolute Gasteiger partial charge is 0.497 e. The number of carboxylic acid groups (broad SMARTS) is 1. The van der Waals surface area contributed by atoms with Crippen LogP contribution in [0.25, 0.3) is 32.7 Å². The Morgan fingerprint density at radius 1 is 0.809 bits per heavy atom. The van der Waals surface area contributed by atoms with E-state index in [2.05, 4.69) is 31.0 Å². The van der Waals surface area contributed by atoms with Crippen molar-refractivity contribution in [3.05, 3.63) is 124 Å². The number of hydrogen-bond acceptors (Lipinski definition) is 14. The maximum absolute atomic E-state index is 16.1. The molecule has 22 heteroatoms. The van der Waals surface area contributed by atoms with E-state index in [1.165, 1.54) is 42.5 Å². The second kappa shape index (κ2) is 20.7. The number of rotatable bonds is 19. The molecule has 1 atom stereocenters. The Morgan fingerprint density at radius 2 is 1.37 bits per heavy atom. The Morgan fingerprint density at radius 3 is 1.90 bits per heavy atom. The number of β-amino-alcohol motifs (C(OH)–C–C–N with tert-alkyl or cyclic N) is 1. The van der Waals surface area contributed by atoms with E-state index in [0.717, 1.165) is 19.5 Å². The van der Waals surface area contributed by atoms with Gasteiger partial charge in [0.2, 0.25) is 25.9 Å². The SMILES string of the molecule is COc1ccc(CN(Cc2ccc(OC)cc2)S(=O)(=O)c2c(S(=O)(=O)NC[C@H](O)CN(C(=O)O)C(C)(C)C)ccc(-c3cccc4sc(Br)nc34)c2-c2nnn(Cc3ccc(OC)cc3)n2)cc1. The molecule has 0 spiro atoms. The van der Waals surface area contributed by atoms with Crippen LogP contribution in [0.15, 0.2) is 117 Å². The molecule has 0 radical (unpaired) electrons. The maximum atomic E-state index is 16.1. The van der Waals surface area contributed by atoms with Crippen LogP contribution in [0, 0.1) is 0 Å². The lowest BCUT2D eigenvalue weighted by Crippen LogP contribution is -2.50. The van der Waals surface area contributed by atoms with E-state index in [1.54, 1.807) is 101 Å². The van der Waals surface area contributed by atoms with E-state index in [0.29, 0.717) is 43.4 Å². The van der Waals surface area contributed by atoms with Crippen LogP contribution in [-0.2, 0) is 39.7 Å². The lowest BCUT2D eigenvalue weighted by molar-refractivity contribution is 0.0577. The maximum Gasteiger partial charge on any atom is 0.407 e. The van der Waals surface area contributed by atoms with E-state index in [9.17, 15) is 23.4 Å². The van der Waals surface area contributed by atoms with Gasteiger partial charge in [-0.05, 0) is 113 Å². The number of fused-ring (bicyclic) bond motifs is 1. The minimum atomic E-state index is -5.00. The van der Waals surface area contributed by atoms with Crippen molar-refractivity contribution < 1.29 is 46.1 Å². The molecule has 0 saturated carbocycles. The number of nitrogens with one attached hydrogen (secondary N) is 1. The molecule has 0 bridgehead atoms. The summed E-state index contributed by atoms with van der Waals surface area (Å²) < 4.78 is 82.8. The second-order valence-electron chi connectivity index (χ2n) is 16.5. The topological polar surface area (TPSA) is 228 Å². The highest BCUT2D eigenvalue weighted by atomic mass is 79.9. The van der Waals surface area contributed by atoms with E-state index >= 15 is 8.42 Å². The average Bonchev–Trinajstić information content (AvgIpc) is 3.95. The van der Waals surface area contributed by atoms with Gasteiger partial charge in [-0.1, -0.05) is 54.6 Å². The van der Waals surface area contributed by atoms with Crippen LogP contribution in [0.1, 0.15) is 37.5 Å². The van der Waals surface area contributed by atoms with Gasteiger partial charge in [0, 0.05) is 30.7 Å². The van der Waals surface area contributed by atoms with Gasteiger partial charge in [0.15, 0.2) is 3.92 Å². The molecule has 18 nitrogen and oxygen atoms in total. The van der Waals surface area contributed by atoms with E-state index in [1.807, 2.05) is 18.2 Å². The number of sulfonamides is 2. The number of aliphatic hydroxyl groups excluding tert-OH is 1. The first-order valence-electron chi connectivity index (χ1n) is 20.9. The molecule has 7 aromatic rings. The molecule has 2 heterocycles. The van der Waals surface area contributed by atoms with Crippen LogP contribution >= 0.6 is 27.3 Å². The van der Waals surface area contributed by atoms with Crippen molar-refractivity contribution in [2.24, 2.45) is 0 Å². The van der Waals surface area contributed by atoms with Crippen LogP contribution in [-0.4, -0.2) is 114 Å². The first-order chi connectivity index (χ1) is 32.3. The zero-order valence-corrected chi connectivity index (χ0v) is 41.9. The molecule has 3 N–H and O–H groups in total. The van der Waals surface area contributed by atoms with Gasteiger partial charge in [0.25, 0.3) is 0 Å². The Bertz CT molecular complexity index is 3080. The number of carbonyl (C=O) groups is 1. The monoisotopic (exact) mass is 1050 g/mol. The highest BCUT2D eigenvalue weighted by Crippen LogP contribution is 2.44. The predicted octanol–water partition coefficient (Wildman–Crippen LogP) is 7.26. The summed E-state index contributed by atoms with van der Waals surface area (Å²) in [5, 5.41) is 34.4. The summed E-state index contributed by atoms with van der Waals surface area (Å²) in [6.07, 6.45) is -2.86. The molecule has 0 aliphatic rings. The van der Waals surface area contributed by atoms with Gasteiger partial charge in [-0.15, -0.1) is 21.5 Å². The fraction of sp³-hybridized carbons (Fsp3) is 0.283. The van der Waals surface area contributed by atoms with Crippen LogP contribution in [0.3, 0.4) is 0 Å². The number of para-hydroxylation sites is 1. The standard InChI is InChI=1S/C46H49BrN8O10S3/c1-46(2,3)54(45(57)58)28-32(56)24-48-67(59,60)39-23-22-36(37-8-7-9-38-41(37)49-44(47)66-38)40(43-50-52-55(51-43)27-31-14-20-35(65-6)21-15-31)42(39)68(61,62)53(25-29-10-16-33(63-4)17-11-29)26-30-12-18-34(64-5)19-13-30/h7-23,32,48,56H,24-28H2,1-6H3,(H,57,58)/t32-/m0/s1. The molecule has 2 aromatic heterocycles. The smallest absolute Gasteiger partial charge is 0.407 e. The summed E-state index contributed by atoms with van der Waals surface area (Å²) in [6, 6.07) is 28.8. The molecule has 68 heavy (non-hydrogen) atoms. The van der Waals surface area contributed by atoms with Gasteiger partial charge >= 0.3 is 6.09 Å². The zero-order valence-electron chi connectivity index (χ0n) is 37.8. The number of hydrogen-bond donors (Lipinski definition) is 3. The van der Waals surface area contributed by atoms with Crippen molar-refractivity contribution in [2.75, 3.05) is 34.4 Å². The van der Waals surface area contributed by atoms with Gasteiger partial charge in [-0.3, -0.25) is 0 Å². The lowest BCUT2D eigenvalue weighted by Gasteiger charge is -2.34. The van der Waals surface area contributed by atoms with Crippen LogP contribution < -0.4 is 18.9 Å². The van der Waals surface area contributed by atoms with Crippen LogP contribution in [0.2, 0.25) is 0 Å². The summed E-state index contributed by atoms with van der Waals surface area (Å²) in [5.74, 6) is 1.49. The number of benzene rings is 5. The highest BCUT2D eigenvalue weighted by molar-refractivity contribution is 9.11. The third-order valence-corrected chi connectivity index (χ3v) is 15.8. The molecular formula is C46H49BrN8O10S3. The molecule has 0 aliphatic heterocycles. The summed E-state index contributed by atoms with van der Waals surface area (Å²) >= 11 is 4.84. The third-order valence-electron chi connectivity index (χ3n) is 10.8. The summed E-state index contributed by atoms with van der Waals surface area (Å²) in [5.41, 5.74) is 1.90. The average molecular weight is 1050 g/mol. The van der Waals surface area contributed by atoms with E-state index in [4.69, 9.17) is 24.3 Å². The summed E-state index contributed by atoms with van der Waals surface area (Å²) in [4.78, 5) is 17.7. The zero-order chi connectivity index (χ0) is 49.0. The molecule has 7 rings (SSSR count). The number of ether oxygens (including phenoxy) is 3. The van der Waals surface area contributed by atoms with Gasteiger partial charge in [0.1, 0.15) is 27.0 Å². The Balaban J connectivity index is 1.47. The third kappa shape index (κ3) is 11.3. The van der Waals surface area contributed by atoms with E-state index in [-0.39, 0.29) is 36.6 Å². The van der Waals surface area contributed by atoms with Crippen molar-refractivity contribution in [3.8, 4) is 39.8 Å². The molecule has 1 amide bonds. The number of thiazole rings is 1. The van der Waals surface area contributed by atoms with Gasteiger partial charge in [-0.25, -0.2) is 31.3 Å². The molecule has 0 saturated heterocycles. The number of halogens is 1. The fourth-order valence-corrected chi connectivity index (χ4v) is 12.2. The van der Waals surface area contributed by atoms with Gasteiger partial charge < -0.3 is 29.3 Å². The van der Waals surface area contributed by atoms with Crippen LogP contribution in [0.5, 0.6) is 17.2 Å². The van der Waals surface area contributed by atoms with Crippen molar-refractivity contribution in [1.29, 1.82) is 0 Å². The Hall–Kier alpha value is -6.01. The quantitative estimate of drug-likeness (QED) is 0.0725. The van der Waals surface area contributed by atoms with Crippen molar-refractivity contribution >= 4 is 63.6 Å².